The zero-order valence-corrected chi connectivity index (χ0v) is 11.2. The largest absolute Gasteiger partial charge is 0.326 e. The summed E-state index contributed by atoms with van der Waals surface area (Å²) in [5.74, 6) is -0.162. The van der Waals surface area contributed by atoms with E-state index in [1.165, 1.54) is 0 Å². The molecule has 0 aliphatic heterocycles. The number of hydrogen-bond donors (Lipinski definition) is 2. The Hall–Kier alpha value is -1.86. The number of nitrogens with two attached hydrogens (primary N) is 1. The number of rotatable bonds is 3. The summed E-state index contributed by atoms with van der Waals surface area (Å²) in [6.45, 7) is 7.24. The molecule has 1 aromatic rings. The van der Waals surface area contributed by atoms with Crippen LogP contribution in [0, 0.1) is 16.7 Å². The molecule has 4 nitrogen and oxygen atoms in total. The van der Waals surface area contributed by atoms with Crippen LogP contribution in [0.15, 0.2) is 24.3 Å². The van der Waals surface area contributed by atoms with E-state index in [1.807, 2.05) is 19.9 Å². The molecule has 0 heterocycles. The molecule has 96 valence electrons. The molecule has 4 heteroatoms. The molecule has 0 aliphatic rings. The van der Waals surface area contributed by atoms with Crippen molar-refractivity contribution in [2.75, 3.05) is 5.32 Å². The molecule has 1 aromatic carbocycles. The Labute approximate surface area is 108 Å². The van der Waals surface area contributed by atoms with E-state index in [0.717, 1.165) is 0 Å². The summed E-state index contributed by atoms with van der Waals surface area (Å²) >= 11 is 0. The number of anilines is 1. The Bertz CT molecular complexity index is 492. The van der Waals surface area contributed by atoms with Crippen molar-refractivity contribution in [1.29, 1.82) is 5.26 Å². The van der Waals surface area contributed by atoms with Crippen molar-refractivity contribution in [2.45, 2.75) is 33.2 Å². The Balaban J connectivity index is 2.92. The molecule has 0 fully saturated rings. The predicted octanol–water partition coefficient (Wildman–Crippen LogP) is 2.26. The van der Waals surface area contributed by atoms with E-state index in [-0.39, 0.29) is 5.91 Å². The highest BCUT2D eigenvalue weighted by Gasteiger charge is 2.40. The lowest BCUT2D eigenvalue weighted by molar-refractivity contribution is -0.126. The van der Waals surface area contributed by atoms with Gasteiger partial charge in [0.25, 0.3) is 0 Å². The van der Waals surface area contributed by atoms with E-state index in [0.29, 0.717) is 11.3 Å². The maximum atomic E-state index is 12.2. The van der Waals surface area contributed by atoms with Crippen LogP contribution >= 0.6 is 0 Å². The average molecular weight is 245 g/mol. The molecule has 0 aliphatic carbocycles. The van der Waals surface area contributed by atoms with Crippen LogP contribution in [0.3, 0.4) is 0 Å². The van der Waals surface area contributed by atoms with Crippen molar-refractivity contribution in [2.24, 2.45) is 11.1 Å². The molecule has 0 bridgehead atoms. The molecule has 0 unspecified atom stereocenters. The highest BCUT2D eigenvalue weighted by molar-refractivity contribution is 5.95. The smallest absolute Gasteiger partial charge is 0.231 e. The Kier molecular flexibility index (Phi) is 3.78. The minimum absolute atomic E-state index is 0.162. The van der Waals surface area contributed by atoms with Crippen molar-refractivity contribution in [1.82, 2.24) is 0 Å². The van der Waals surface area contributed by atoms with Gasteiger partial charge in [0.2, 0.25) is 5.91 Å². The molecule has 0 atom stereocenters. The van der Waals surface area contributed by atoms with Crippen LogP contribution in [0.25, 0.3) is 0 Å². The third-order valence-electron chi connectivity index (χ3n) is 3.43. The third kappa shape index (κ3) is 2.88. The Morgan fingerprint density at radius 3 is 2.44 bits per heavy atom. The second kappa shape index (κ2) is 4.79. The van der Waals surface area contributed by atoms with Crippen molar-refractivity contribution in [3.63, 3.8) is 0 Å². The lowest BCUT2D eigenvalue weighted by Crippen LogP contribution is -2.53. The van der Waals surface area contributed by atoms with Gasteiger partial charge in [-0.15, -0.1) is 0 Å². The van der Waals surface area contributed by atoms with Crippen molar-refractivity contribution < 1.29 is 4.79 Å². The summed E-state index contributed by atoms with van der Waals surface area (Å²) in [5.41, 5.74) is 5.78. The van der Waals surface area contributed by atoms with E-state index in [1.54, 1.807) is 38.1 Å². The van der Waals surface area contributed by atoms with Crippen molar-refractivity contribution >= 4 is 11.6 Å². The number of hydrogen-bond acceptors (Lipinski definition) is 3. The molecule has 3 N–H and O–H groups in total. The zero-order valence-electron chi connectivity index (χ0n) is 11.2. The van der Waals surface area contributed by atoms with Gasteiger partial charge < -0.3 is 11.1 Å². The molecule has 0 saturated carbocycles. The van der Waals surface area contributed by atoms with Gasteiger partial charge in [-0.25, -0.2) is 0 Å². The van der Waals surface area contributed by atoms with E-state index in [2.05, 4.69) is 5.32 Å². The second-order valence-electron chi connectivity index (χ2n) is 5.49. The first-order chi connectivity index (χ1) is 8.18. The molecule has 0 spiro atoms. The highest BCUT2D eigenvalue weighted by Crippen LogP contribution is 2.29. The minimum atomic E-state index is -0.713. The number of nitrogens with zero attached hydrogens (tertiary/aromatic N) is 1. The zero-order chi connectivity index (χ0) is 14.0. The summed E-state index contributed by atoms with van der Waals surface area (Å²) in [6.07, 6.45) is 0. The second-order valence-corrected chi connectivity index (χ2v) is 5.49. The number of nitriles is 1. The van der Waals surface area contributed by atoms with Crippen LogP contribution < -0.4 is 11.1 Å². The van der Waals surface area contributed by atoms with Gasteiger partial charge in [-0.05, 0) is 45.9 Å². The SMILES string of the molecule is CC(C)(N)C(C)(C)C(=O)Nc1cccc(C#N)c1. The average Bonchev–Trinajstić information content (AvgIpc) is 2.27. The number of amides is 1. The van der Waals surface area contributed by atoms with Crippen LogP contribution in [0.1, 0.15) is 33.3 Å². The van der Waals surface area contributed by atoms with E-state index >= 15 is 0 Å². The van der Waals surface area contributed by atoms with Gasteiger partial charge in [-0.2, -0.15) is 5.26 Å². The van der Waals surface area contributed by atoms with Gasteiger partial charge >= 0.3 is 0 Å². The van der Waals surface area contributed by atoms with Crippen LogP contribution in [0.4, 0.5) is 5.69 Å². The summed E-state index contributed by atoms with van der Waals surface area (Å²) in [4.78, 5) is 12.2. The summed E-state index contributed by atoms with van der Waals surface area (Å²) in [5, 5.41) is 11.6. The third-order valence-corrected chi connectivity index (χ3v) is 3.43. The summed E-state index contributed by atoms with van der Waals surface area (Å²) < 4.78 is 0. The van der Waals surface area contributed by atoms with Gasteiger partial charge in [0, 0.05) is 11.2 Å². The highest BCUT2D eigenvalue weighted by atomic mass is 16.2. The predicted molar refractivity (Wildman–Crippen MR) is 71.8 cm³/mol. The van der Waals surface area contributed by atoms with Crippen LogP contribution in [0.5, 0.6) is 0 Å². The first-order valence-electron chi connectivity index (χ1n) is 5.79. The maximum Gasteiger partial charge on any atom is 0.231 e. The van der Waals surface area contributed by atoms with Crippen LogP contribution in [-0.2, 0) is 4.79 Å². The van der Waals surface area contributed by atoms with E-state index in [9.17, 15) is 4.79 Å². The molecule has 1 rings (SSSR count). The van der Waals surface area contributed by atoms with Gasteiger partial charge in [0.15, 0.2) is 0 Å². The molecule has 0 saturated heterocycles. The number of nitrogens with one attached hydrogen (secondary N) is 1. The standard InChI is InChI=1S/C14H19N3O/c1-13(2,14(3,4)16)12(18)17-11-7-5-6-10(8-11)9-15/h5-8H,16H2,1-4H3,(H,17,18). The van der Waals surface area contributed by atoms with E-state index < -0.39 is 11.0 Å². The summed E-state index contributed by atoms with van der Waals surface area (Å²) in [7, 11) is 0. The first-order valence-corrected chi connectivity index (χ1v) is 5.79. The number of carbonyl (C=O) groups excluding carboxylic acids is 1. The monoisotopic (exact) mass is 245 g/mol. The van der Waals surface area contributed by atoms with Gasteiger partial charge in [-0.1, -0.05) is 6.07 Å². The topological polar surface area (TPSA) is 78.9 Å². The number of benzene rings is 1. The quantitative estimate of drug-likeness (QED) is 0.857. The van der Waals surface area contributed by atoms with Crippen molar-refractivity contribution in [3.05, 3.63) is 29.8 Å². The van der Waals surface area contributed by atoms with Gasteiger partial charge in [0.1, 0.15) is 0 Å². The molecular weight excluding hydrogens is 226 g/mol. The lowest BCUT2D eigenvalue weighted by atomic mass is 9.74. The van der Waals surface area contributed by atoms with Gasteiger partial charge in [-0.3, -0.25) is 4.79 Å². The molecule has 0 aromatic heterocycles. The van der Waals surface area contributed by atoms with Gasteiger partial charge in [0.05, 0.1) is 17.0 Å². The molecular formula is C14H19N3O. The number of carbonyl (C=O) groups is 1. The fourth-order valence-corrected chi connectivity index (χ4v) is 1.25. The Morgan fingerprint density at radius 2 is 1.94 bits per heavy atom. The molecule has 0 radical (unpaired) electrons. The fourth-order valence-electron chi connectivity index (χ4n) is 1.25. The van der Waals surface area contributed by atoms with E-state index in [4.69, 9.17) is 11.0 Å². The first kappa shape index (κ1) is 14.2. The summed E-state index contributed by atoms with van der Waals surface area (Å²) in [6, 6.07) is 8.84. The Morgan fingerprint density at radius 1 is 1.33 bits per heavy atom. The maximum absolute atomic E-state index is 12.2. The normalized spacial score (nSPS) is 11.8. The van der Waals surface area contributed by atoms with Crippen molar-refractivity contribution in [3.8, 4) is 6.07 Å². The molecule has 1 amide bonds. The van der Waals surface area contributed by atoms with Crippen LogP contribution in [0.2, 0.25) is 0 Å². The van der Waals surface area contributed by atoms with Crippen LogP contribution in [-0.4, -0.2) is 11.4 Å². The minimum Gasteiger partial charge on any atom is -0.326 e. The fraction of sp³-hybridized carbons (Fsp3) is 0.429. The molecule has 18 heavy (non-hydrogen) atoms. The lowest BCUT2D eigenvalue weighted by Gasteiger charge is -2.36.